The fourth-order valence-corrected chi connectivity index (χ4v) is 4.58. The molecule has 228 valence electrons. The summed E-state index contributed by atoms with van der Waals surface area (Å²) in [6.07, 6.45) is -11.1. The zero-order valence-electron chi connectivity index (χ0n) is 21.8. The second kappa shape index (κ2) is 13.3. The van der Waals surface area contributed by atoms with Gasteiger partial charge in [-0.05, 0) is 36.4 Å². The summed E-state index contributed by atoms with van der Waals surface area (Å²) < 4.78 is 90.1. The number of aliphatic hydroxyl groups excluding tert-OH is 1. The lowest BCUT2D eigenvalue weighted by Crippen LogP contribution is -2.63. The molecule has 4 rings (SSSR count). The maximum atomic E-state index is 13.4. The van der Waals surface area contributed by atoms with Crippen LogP contribution in [0.25, 0.3) is 0 Å². The van der Waals surface area contributed by atoms with Gasteiger partial charge in [-0.25, -0.2) is 14.4 Å². The first-order chi connectivity index (χ1) is 20.4. The van der Waals surface area contributed by atoms with Crippen molar-refractivity contribution >= 4 is 28.0 Å². The van der Waals surface area contributed by atoms with Crippen LogP contribution in [0.4, 0.5) is 13.2 Å². The zero-order valence-corrected chi connectivity index (χ0v) is 22.6. The number of carbonyl (C=O) groups excluding carboxylic acids is 3. The van der Waals surface area contributed by atoms with Crippen LogP contribution in [-0.2, 0) is 33.2 Å². The molecule has 0 unspecified atom stereocenters. The van der Waals surface area contributed by atoms with Crippen LogP contribution in [0.5, 0.6) is 0 Å². The first-order valence-electron chi connectivity index (χ1n) is 12.4. The summed E-state index contributed by atoms with van der Waals surface area (Å²) >= 11 is 0. The van der Waals surface area contributed by atoms with Gasteiger partial charge >= 0.3 is 33.5 Å². The fraction of sp³-hybridized carbons (Fsp3) is 0.250. The van der Waals surface area contributed by atoms with Crippen molar-refractivity contribution in [2.24, 2.45) is 0 Å². The van der Waals surface area contributed by atoms with Crippen LogP contribution < -0.4 is 0 Å². The SMILES string of the molecule is O=C(OC[C@H]1O[C@@H](O)[C@H](OC(=O)c2ccccc2)[C@@H](OS(=O)(=O)C(F)(F)F)[C@H]1OC(=O)c1ccccc1)c1ccccc1. The summed E-state index contributed by atoms with van der Waals surface area (Å²) in [5, 5.41) is 10.7. The van der Waals surface area contributed by atoms with Crippen LogP contribution in [0, 0.1) is 0 Å². The van der Waals surface area contributed by atoms with Crippen molar-refractivity contribution in [1.29, 1.82) is 0 Å². The monoisotopic (exact) mass is 624 g/mol. The van der Waals surface area contributed by atoms with Crippen LogP contribution in [0.2, 0.25) is 0 Å². The standard InChI is InChI=1S/C28H23F3O11S/c29-28(30,31)43(36,37)42-22-21(40-25(33)18-12-6-2-7-13-18)20(16-38-24(32)17-10-4-1-5-11-17)39-27(35)23(22)41-26(34)19-14-8-3-9-15-19/h1-15,20-23,27,35H,16H2/t20-,21+,22+,23-,27-/m1/s1. The summed E-state index contributed by atoms with van der Waals surface area (Å²) in [5.41, 5.74) is -6.13. The summed E-state index contributed by atoms with van der Waals surface area (Å²) in [5.74, 6) is -3.30. The third-order valence-corrected chi connectivity index (χ3v) is 7.07. The normalized spacial score (nSPS) is 22.3. The Labute approximate surface area is 242 Å². The zero-order chi connectivity index (χ0) is 31.2. The molecule has 0 spiro atoms. The lowest BCUT2D eigenvalue weighted by molar-refractivity contribution is -0.280. The molecular weight excluding hydrogens is 601 g/mol. The lowest BCUT2D eigenvalue weighted by atomic mass is 9.98. The number of ether oxygens (including phenoxy) is 4. The Morgan fingerprint density at radius 3 is 1.56 bits per heavy atom. The molecule has 11 nitrogen and oxygen atoms in total. The maximum absolute atomic E-state index is 13.4. The van der Waals surface area contributed by atoms with Crippen LogP contribution in [-0.4, -0.2) is 74.3 Å². The third-order valence-electron chi connectivity index (χ3n) is 6.02. The highest BCUT2D eigenvalue weighted by molar-refractivity contribution is 7.87. The minimum atomic E-state index is -6.44. The Kier molecular flexibility index (Phi) is 9.80. The molecule has 1 aliphatic rings. The number of esters is 3. The smallest absolute Gasteiger partial charge is 0.459 e. The molecule has 1 heterocycles. The second-order valence-electron chi connectivity index (χ2n) is 8.96. The van der Waals surface area contributed by atoms with E-state index in [1.165, 1.54) is 72.8 Å². The van der Waals surface area contributed by atoms with Gasteiger partial charge in [-0.15, -0.1) is 0 Å². The van der Waals surface area contributed by atoms with E-state index >= 15 is 0 Å². The van der Waals surface area contributed by atoms with Gasteiger partial charge in [0.15, 0.2) is 24.6 Å². The molecule has 0 amide bonds. The predicted molar refractivity (Wildman–Crippen MR) is 139 cm³/mol. The highest BCUT2D eigenvalue weighted by atomic mass is 32.2. The van der Waals surface area contributed by atoms with E-state index in [1.807, 2.05) is 0 Å². The molecular formula is C28H23F3O11S. The number of rotatable bonds is 9. The second-order valence-corrected chi connectivity index (χ2v) is 10.5. The molecule has 1 aliphatic heterocycles. The minimum Gasteiger partial charge on any atom is -0.459 e. The van der Waals surface area contributed by atoms with Crippen molar-refractivity contribution in [2.75, 3.05) is 6.61 Å². The van der Waals surface area contributed by atoms with E-state index < -0.39 is 70.8 Å². The van der Waals surface area contributed by atoms with Crippen molar-refractivity contribution in [1.82, 2.24) is 0 Å². The number of aliphatic hydroxyl groups is 1. The molecule has 0 radical (unpaired) electrons. The van der Waals surface area contributed by atoms with Crippen molar-refractivity contribution < 1.29 is 64.2 Å². The molecule has 0 aliphatic carbocycles. The Bertz CT molecular complexity index is 1520. The molecule has 43 heavy (non-hydrogen) atoms. The number of hydrogen-bond acceptors (Lipinski definition) is 11. The summed E-state index contributed by atoms with van der Waals surface area (Å²) in [4.78, 5) is 38.3. The summed E-state index contributed by atoms with van der Waals surface area (Å²) in [6, 6.07) is 21.5. The van der Waals surface area contributed by atoms with E-state index in [4.69, 9.17) is 18.9 Å². The van der Waals surface area contributed by atoms with Gasteiger partial charge in [-0.3, -0.25) is 4.18 Å². The van der Waals surface area contributed by atoms with Gasteiger partial charge in [-0.1, -0.05) is 54.6 Å². The third kappa shape index (κ3) is 7.75. The van der Waals surface area contributed by atoms with Gasteiger partial charge in [0, 0.05) is 0 Å². The highest BCUT2D eigenvalue weighted by Gasteiger charge is 2.57. The number of benzene rings is 3. The number of halogens is 3. The van der Waals surface area contributed by atoms with Crippen LogP contribution in [0.3, 0.4) is 0 Å². The molecule has 0 bridgehead atoms. The molecule has 5 atom stereocenters. The molecule has 0 aromatic heterocycles. The average molecular weight is 625 g/mol. The number of hydrogen-bond donors (Lipinski definition) is 1. The molecule has 1 saturated heterocycles. The van der Waals surface area contributed by atoms with Gasteiger partial charge in [-0.2, -0.15) is 21.6 Å². The summed E-state index contributed by atoms with van der Waals surface area (Å²) in [6.45, 7) is -0.858. The van der Waals surface area contributed by atoms with E-state index in [0.29, 0.717) is 0 Å². The van der Waals surface area contributed by atoms with E-state index in [2.05, 4.69) is 4.18 Å². The van der Waals surface area contributed by atoms with Crippen molar-refractivity contribution in [3.05, 3.63) is 108 Å². The van der Waals surface area contributed by atoms with E-state index in [0.717, 1.165) is 0 Å². The fourth-order valence-electron chi connectivity index (χ4n) is 3.95. The van der Waals surface area contributed by atoms with Crippen LogP contribution >= 0.6 is 0 Å². The van der Waals surface area contributed by atoms with Gasteiger partial charge in [0.1, 0.15) is 12.7 Å². The molecule has 0 saturated carbocycles. The van der Waals surface area contributed by atoms with Gasteiger partial charge in [0.25, 0.3) is 0 Å². The van der Waals surface area contributed by atoms with Gasteiger partial charge < -0.3 is 24.1 Å². The van der Waals surface area contributed by atoms with E-state index in [9.17, 15) is 41.1 Å². The topological polar surface area (TPSA) is 152 Å². The predicted octanol–water partition coefficient (Wildman–Crippen LogP) is 3.25. The maximum Gasteiger partial charge on any atom is 0.523 e. The quantitative estimate of drug-likeness (QED) is 0.162. The van der Waals surface area contributed by atoms with Gasteiger partial charge in [0.2, 0.25) is 0 Å². The first-order valence-corrected chi connectivity index (χ1v) is 13.9. The Morgan fingerprint density at radius 1 is 0.698 bits per heavy atom. The largest absolute Gasteiger partial charge is 0.523 e. The Balaban J connectivity index is 1.71. The Hall–Kier alpha value is -4.31. The molecule has 1 fully saturated rings. The summed E-state index contributed by atoms with van der Waals surface area (Å²) in [7, 11) is -6.44. The molecule has 3 aromatic rings. The van der Waals surface area contributed by atoms with Crippen molar-refractivity contribution in [2.45, 2.75) is 36.2 Å². The van der Waals surface area contributed by atoms with Crippen LogP contribution in [0.1, 0.15) is 31.1 Å². The Morgan fingerprint density at radius 2 is 1.12 bits per heavy atom. The molecule has 1 N–H and O–H groups in total. The minimum absolute atomic E-state index is 0.0683. The number of alkyl halides is 3. The molecule has 3 aromatic carbocycles. The van der Waals surface area contributed by atoms with Crippen molar-refractivity contribution in [3.63, 3.8) is 0 Å². The van der Waals surface area contributed by atoms with Crippen molar-refractivity contribution in [3.8, 4) is 0 Å². The van der Waals surface area contributed by atoms with Crippen LogP contribution in [0.15, 0.2) is 91.0 Å². The van der Waals surface area contributed by atoms with E-state index in [-0.39, 0.29) is 16.7 Å². The lowest BCUT2D eigenvalue weighted by Gasteiger charge is -2.42. The van der Waals surface area contributed by atoms with E-state index in [1.54, 1.807) is 18.2 Å². The average Bonchev–Trinajstić information content (AvgIpc) is 2.99. The highest BCUT2D eigenvalue weighted by Crippen LogP contribution is 2.34. The molecule has 15 heteroatoms. The first kappa shape index (κ1) is 31.6. The number of carbonyl (C=O) groups is 3. The van der Waals surface area contributed by atoms with Gasteiger partial charge in [0.05, 0.1) is 16.7 Å².